The Labute approximate surface area is 113 Å². The van der Waals surface area contributed by atoms with E-state index in [1.165, 1.54) is 12.1 Å². The first-order chi connectivity index (χ1) is 8.95. The van der Waals surface area contributed by atoms with Gasteiger partial charge in [0, 0.05) is 12.6 Å². The molecular formula is C12H18N4O2S. The molecule has 19 heavy (non-hydrogen) atoms. The van der Waals surface area contributed by atoms with Crippen molar-refractivity contribution in [1.29, 1.82) is 0 Å². The van der Waals surface area contributed by atoms with Gasteiger partial charge < -0.3 is 10.6 Å². The van der Waals surface area contributed by atoms with Gasteiger partial charge in [0.1, 0.15) is 0 Å². The van der Waals surface area contributed by atoms with Crippen LogP contribution in [0, 0.1) is 0 Å². The van der Waals surface area contributed by atoms with E-state index in [1.807, 2.05) is 0 Å². The van der Waals surface area contributed by atoms with Gasteiger partial charge in [-0.3, -0.25) is 4.99 Å². The lowest BCUT2D eigenvalue weighted by Crippen LogP contribution is -2.38. The van der Waals surface area contributed by atoms with Crippen molar-refractivity contribution in [1.82, 2.24) is 10.6 Å². The molecule has 1 atom stereocenters. The number of guanidine groups is 1. The zero-order valence-electron chi connectivity index (χ0n) is 10.8. The Hall–Kier alpha value is -1.60. The first-order valence-corrected chi connectivity index (χ1v) is 7.66. The lowest BCUT2D eigenvalue weighted by molar-refractivity contribution is 0.598. The Bertz CT molecular complexity index is 566. The topological polar surface area (TPSA) is 96.6 Å². The first-order valence-electron chi connectivity index (χ1n) is 6.12. The Balaban J connectivity index is 1.84. The van der Waals surface area contributed by atoms with Crippen LogP contribution >= 0.6 is 0 Å². The molecule has 0 bridgehead atoms. The molecule has 1 aliphatic rings. The molecule has 0 spiro atoms. The van der Waals surface area contributed by atoms with Crippen LogP contribution in [0.15, 0.2) is 34.2 Å². The van der Waals surface area contributed by atoms with Crippen molar-refractivity contribution in [2.75, 3.05) is 13.1 Å². The largest absolute Gasteiger partial charge is 0.356 e. The van der Waals surface area contributed by atoms with Crippen LogP contribution in [-0.2, 0) is 16.4 Å². The number of aliphatic imine (C=N–C) groups is 1. The Morgan fingerprint density at radius 1 is 1.42 bits per heavy atom. The maximum atomic E-state index is 11.1. The molecule has 104 valence electrons. The van der Waals surface area contributed by atoms with E-state index in [0.717, 1.165) is 31.0 Å². The molecule has 0 aromatic heterocycles. The van der Waals surface area contributed by atoms with Crippen LogP contribution < -0.4 is 15.8 Å². The smallest absolute Gasteiger partial charge is 0.238 e. The average molecular weight is 282 g/mol. The van der Waals surface area contributed by atoms with E-state index in [1.54, 1.807) is 12.1 Å². The minimum absolute atomic E-state index is 0.139. The minimum Gasteiger partial charge on any atom is -0.356 e. The van der Waals surface area contributed by atoms with E-state index in [4.69, 9.17) is 5.14 Å². The molecule has 0 aliphatic carbocycles. The summed E-state index contributed by atoms with van der Waals surface area (Å²) in [5.74, 6) is 0.827. The highest BCUT2D eigenvalue weighted by Gasteiger charge is 2.11. The number of nitrogens with one attached hydrogen (secondary N) is 2. The standard InChI is InChI=1S/C12H18N4O2S/c1-9-8-15-12(16-9)14-7-6-10-2-4-11(5-3-10)19(13,17)18/h2-5,9H,6-8H2,1H3,(H2,13,17,18)(H2,14,15,16). The molecule has 1 heterocycles. The summed E-state index contributed by atoms with van der Waals surface area (Å²) in [5.41, 5.74) is 1.05. The Kier molecular flexibility index (Phi) is 4.06. The number of nitrogens with two attached hydrogens (primary N) is 1. The number of benzene rings is 1. The zero-order valence-corrected chi connectivity index (χ0v) is 11.6. The Morgan fingerprint density at radius 2 is 2.11 bits per heavy atom. The highest BCUT2D eigenvalue weighted by atomic mass is 32.2. The fraction of sp³-hybridized carbons (Fsp3) is 0.417. The summed E-state index contributed by atoms with van der Waals surface area (Å²) < 4.78 is 22.2. The molecule has 0 amide bonds. The summed E-state index contributed by atoms with van der Waals surface area (Å²) in [6.07, 6.45) is 0.792. The number of hydrogen-bond acceptors (Lipinski definition) is 5. The summed E-state index contributed by atoms with van der Waals surface area (Å²) in [7, 11) is -3.60. The second-order valence-corrected chi connectivity index (χ2v) is 6.16. The van der Waals surface area contributed by atoms with Gasteiger partial charge >= 0.3 is 0 Å². The fourth-order valence-electron chi connectivity index (χ4n) is 1.83. The summed E-state index contributed by atoms with van der Waals surface area (Å²) in [5, 5.41) is 11.5. The molecule has 1 aromatic rings. The van der Waals surface area contributed by atoms with Crippen molar-refractivity contribution in [3.05, 3.63) is 29.8 Å². The van der Waals surface area contributed by atoms with Crippen LogP contribution in [0.1, 0.15) is 12.5 Å². The van der Waals surface area contributed by atoms with Gasteiger partial charge in [-0.15, -0.1) is 0 Å². The van der Waals surface area contributed by atoms with Crippen LogP contribution in [-0.4, -0.2) is 33.5 Å². The van der Waals surface area contributed by atoms with Crippen molar-refractivity contribution >= 4 is 16.0 Å². The maximum Gasteiger partial charge on any atom is 0.238 e. The number of nitrogens with zero attached hydrogens (tertiary/aromatic N) is 1. The number of hydrogen-bond donors (Lipinski definition) is 3. The second-order valence-electron chi connectivity index (χ2n) is 4.60. The van der Waals surface area contributed by atoms with Gasteiger partial charge in [0.25, 0.3) is 0 Å². The van der Waals surface area contributed by atoms with E-state index < -0.39 is 10.0 Å². The minimum atomic E-state index is -3.60. The van der Waals surface area contributed by atoms with Crippen molar-refractivity contribution in [2.45, 2.75) is 24.3 Å². The summed E-state index contributed by atoms with van der Waals surface area (Å²) in [6.45, 7) is 3.61. The quantitative estimate of drug-likeness (QED) is 0.713. The molecule has 2 rings (SSSR count). The van der Waals surface area contributed by atoms with E-state index in [9.17, 15) is 8.42 Å². The molecule has 1 aromatic carbocycles. The van der Waals surface area contributed by atoms with Crippen molar-refractivity contribution in [2.24, 2.45) is 10.1 Å². The third kappa shape index (κ3) is 3.93. The molecule has 4 N–H and O–H groups in total. The lowest BCUT2D eigenvalue weighted by Gasteiger charge is -2.08. The third-order valence-electron chi connectivity index (χ3n) is 2.86. The highest BCUT2D eigenvalue weighted by molar-refractivity contribution is 7.89. The van der Waals surface area contributed by atoms with Crippen molar-refractivity contribution < 1.29 is 8.42 Å². The Morgan fingerprint density at radius 3 is 2.63 bits per heavy atom. The number of rotatable bonds is 4. The predicted molar refractivity (Wildman–Crippen MR) is 74.4 cm³/mol. The summed E-state index contributed by atoms with van der Waals surface area (Å²) in [6, 6.07) is 6.98. The fourth-order valence-corrected chi connectivity index (χ4v) is 2.35. The number of primary sulfonamides is 1. The second kappa shape index (κ2) is 5.58. The monoisotopic (exact) mass is 282 g/mol. The van der Waals surface area contributed by atoms with E-state index in [-0.39, 0.29) is 4.90 Å². The maximum absolute atomic E-state index is 11.1. The van der Waals surface area contributed by atoms with Gasteiger partial charge in [0.05, 0.1) is 11.4 Å². The third-order valence-corrected chi connectivity index (χ3v) is 3.79. The van der Waals surface area contributed by atoms with Gasteiger partial charge in [0.2, 0.25) is 10.0 Å². The van der Waals surface area contributed by atoms with Crippen LogP contribution in [0.25, 0.3) is 0 Å². The predicted octanol–water partition coefficient (Wildman–Crippen LogP) is -0.186. The lowest BCUT2D eigenvalue weighted by atomic mass is 10.1. The van der Waals surface area contributed by atoms with Gasteiger partial charge in [-0.05, 0) is 31.0 Å². The highest BCUT2D eigenvalue weighted by Crippen LogP contribution is 2.08. The molecular weight excluding hydrogens is 264 g/mol. The van der Waals surface area contributed by atoms with Crippen LogP contribution in [0.3, 0.4) is 0 Å². The SMILES string of the molecule is CC1CN=C(NCCc2ccc(S(N)(=O)=O)cc2)N1. The van der Waals surface area contributed by atoms with Gasteiger partial charge in [-0.1, -0.05) is 12.1 Å². The summed E-state index contributed by atoms with van der Waals surface area (Å²) >= 11 is 0. The van der Waals surface area contributed by atoms with Gasteiger partial charge in [-0.25, -0.2) is 13.6 Å². The van der Waals surface area contributed by atoms with Crippen LogP contribution in [0.2, 0.25) is 0 Å². The van der Waals surface area contributed by atoms with E-state index >= 15 is 0 Å². The van der Waals surface area contributed by atoms with E-state index in [0.29, 0.717) is 6.04 Å². The average Bonchev–Trinajstić information content (AvgIpc) is 2.75. The molecule has 1 aliphatic heterocycles. The van der Waals surface area contributed by atoms with Crippen LogP contribution in [0.4, 0.5) is 0 Å². The molecule has 7 heteroatoms. The van der Waals surface area contributed by atoms with Crippen molar-refractivity contribution in [3.8, 4) is 0 Å². The molecule has 6 nitrogen and oxygen atoms in total. The zero-order chi connectivity index (χ0) is 13.9. The molecule has 0 saturated carbocycles. The van der Waals surface area contributed by atoms with Gasteiger partial charge in [0.15, 0.2) is 5.96 Å². The molecule has 0 fully saturated rings. The summed E-state index contributed by atoms with van der Waals surface area (Å²) in [4.78, 5) is 4.43. The molecule has 0 radical (unpaired) electrons. The van der Waals surface area contributed by atoms with E-state index in [2.05, 4.69) is 22.5 Å². The molecule has 0 saturated heterocycles. The van der Waals surface area contributed by atoms with Gasteiger partial charge in [-0.2, -0.15) is 0 Å². The number of sulfonamides is 1. The van der Waals surface area contributed by atoms with Crippen LogP contribution in [0.5, 0.6) is 0 Å². The molecule has 1 unspecified atom stereocenters. The first kappa shape index (κ1) is 13.8. The normalized spacial score (nSPS) is 18.8. The van der Waals surface area contributed by atoms with Crippen molar-refractivity contribution in [3.63, 3.8) is 0 Å².